The first-order chi connectivity index (χ1) is 11.7. The van der Waals surface area contributed by atoms with Gasteiger partial charge in [-0.3, -0.25) is 4.79 Å². The van der Waals surface area contributed by atoms with Crippen LogP contribution in [0.1, 0.15) is 28.7 Å². The lowest BCUT2D eigenvalue weighted by Crippen LogP contribution is -2.13. The van der Waals surface area contributed by atoms with Gasteiger partial charge in [0.2, 0.25) is 0 Å². The maximum atomic E-state index is 12.1. The summed E-state index contributed by atoms with van der Waals surface area (Å²) in [4.78, 5) is 16.3. The van der Waals surface area contributed by atoms with Crippen LogP contribution >= 0.6 is 0 Å². The molecule has 0 unspecified atom stereocenters. The fourth-order valence-corrected chi connectivity index (χ4v) is 2.31. The highest BCUT2D eigenvalue weighted by molar-refractivity contribution is 6.02. The van der Waals surface area contributed by atoms with E-state index in [0.29, 0.717) is 17.3 Å². The molecule has 0 saturated heterocycles. The van der Waals surface area contributed by atoms with Gasteiger partial charge in [-0.05, 0) is 37.1 Å². The lowest BCUT2D eigenvalue weighted by molar-refractivity contribution is 0.102. The molecule has 2 heterocycles. The summed E-state index contributed by atoms with van der Waals surface area (Å²) in [5.41, 5.74) is 3.40. The Morgan fingerprint density at radius 2 is 2.04 bits per heavy atom. The second kappa shape index (κ2) is 6.95. The summed E-state index contributed by atoms with van der Waals surface area (Å²) in [6.45, 7) is 3.87. The third kappa shape index (κ3) is 3.60. The minimum atomic E-state index is -0.330. The average molecular weight is 322 g/mol. The molecule has 0 saturated carbocycles. The lowest BCUT2D eigenvalue weighted by Gasteiger charge is -2.10. The Morgan fingerprint density at radius 3 is 2.71 bits per heavy atom. The van der Waals surface area contributed by atoms with Gasteiger partial charge in [0.15, 0.2) is 5.82 Å². The molecule has 0 aliphatic carbocycles. The standard InChI is InChI=1S/C18H18N4O2/c1-3-13-6-4-5-7-15(13)20-14-8-9-16(19-11-14)18(23)21-17-10-12(2)24-22-17/h4-11,20H,3H2,1-2H3,(H,21,22,23). The second-order valence-electron chi connectivity index (χ2n) is 5.34. The first-order valence-electron chi connectivity index (χ1n) is 7.71. The molecule has 2 N–H and O–H groups in total. The molecule has 0 bridgehead atoms. The molecule has 1 amide bonds. The second-order valence-corrected chi connectivity index (χ2v) is 5.34. The first kappa shape index (κ1) is 15.7. The topological polar surface area (TPSA) is 80.0 Å². The summed E-state index contributed by atoms with van der Waals surface area (Å²) in [6, 6.07) is 13.2. The van der Waals surface area contributed by atoms with Gasteiger partial charge < -0.3 is 15.2 Å². The molecule has 122 valence electrons. The van der Waals surface area contributed by atoms with Gasteiger partial charge in [-0.25, -0.2) is 4.98 Å². The van der Waals surface area contributed by atoms with Gasteiger partial charge in [0, 0.05) is 11.8 Å². The number of pyridine rings is 1. The summed E-state index contributed by atoms with van der Waals surface area (Å²) in [5, 5.41) is 9.69. The molecule has 0 radical (unpaired) electrons. The average Bonchev–Trinajstić information content (AvgIpc) is 3.01. The highest BCUT2D eigenvalue weighted by Crippen LogP contribution is 2.21. The molecule has 3 aromatic rings. The summed E-state index contributed by atoms with van der Waals surface area (Å²) < 4.78 is 4.91. The number of benzene rings is 1. The van der Waals surface area contributed by atoms with Crippen molar-refractivity contribution in [3.8, 4) is 0 Å². The molecule has 24 heavy (non-hydrogen) atoms. The number of amides is 1. The van der Waals surface area contributed by atoms with Crippen LogP contribution in [-0.2, 0) is 6.42 Å². The third-order valence-corrected chi connectivity index (χ3v) is 3.54. The van der Waals surface area contributed by atoms with Crippen LogP contribution in [0.15, 0.2) is 53.2 Å². The zero-order chi connectivity index (χ0) is 16.9. The minimum Gasteiger partial charge on any atom is -0.360 e. The van der Waals surface area contributed by atoms with Gasteiger partial charge in [0.05, 0.1) is 11.9 Å². The van der Waals surface area contributed by atoms with Crippen molar-refractivity contribution in [2.45, 2.75) is 20.3 Å². The molecule has 0 aliphatic heterocycles. The smallest absolute Gasteiger partial charge is 0.275 e. The van der Waals surface area contributed by atoms with Crippen molar-refractivity contribution in [2.75, 3.05) is 10.6 Å². The molecule has 0 atom stereocenters. The van der Waals surface area contributed by atoms with Crippen molar-refractivity contribution in [3.63, 3.8) is 0 Å². The zero-order valence-electron chi connectivity index (χ0n) is 13.5. The van der Waals surface area contributed by atoms with E-state index >= 15 is 0 Å². The lowest BCUT2D eigenvalue weighted by atomic mass is 10.1. The molecule has 0 aliphatic rings. The van der Waals surface area contributed by atoms with Crippen LogP contribution in [-0.4, -0.2) is 16.0 Å². The highest BCUT2D eigenvalue weighted by atomic mass is 16.5. The molecule has 3 rings (SSSR count). The fourth-order valence-electron chi connectivity index (χ4n) is 2.31. The molecule has 6 heteroatoms. The van der Waals surface area contributed by atoms with Crippen LogP contribution in [0.2, 0.25) is 0 Å². The number of carbonyl (C=O) groups excluding carboxylic acids is 1. The first-order valence-corrected chi connectivity index (χ1v) is 7.71. The molecule has 1 aromatic carbocycles. The predicted octanol–water partition coefficient (Wildman–Crippen LogP) is 3.94. The summed E-state index contributed by atoms with van der Waals surface area (Å²) in [7, 11) is 0. The molecular weight excluding hydrogens is 304 g/mol. The Morgan fingerprint density at radius 1 is 1.21 bits per heavy atom. The Balaban J connectivity index is 1.70. The molecule has 0 spiro atoms. The largest absolute Gasteiger partial charge is 0.360 e. The van der Waals surface area contributed by atoms with Crippen LogP contribution in [0.3, 0.4) is 0 Å². The van der Waals surface area contributed by atoms with Crippen LogP contribution in [0.5, 0.6) is 0 Å². The van der Waals surface area contributed by atoms with E-state index < -0.39 is 0 Å². The number of para-hydroxylation sites is 1. The number of aryl methyl sites for hydroxylation is 2. The predicted molar refractivity (Wildman–Crippen MR) is 92.5 cm³/mol. The van der Waals surface area contributed by atoms with Gasteiger partial charge in [0.1, 0.15) is 11.5 Å². The molecule has 0 fully saturated rings. The van der Waals surface area contributed by atoms with E-state index in [-0.39, 0.29) is 5.91 Å². The van der Waals surface area contributed by atoms with Crippen molar-refractivity contribution in [1.29, 1.82) is 0 Å². The SMILES string of the molecule is CCc1ccccc1Nc1ccc(C(=O)Nc2cc(C)on2)nc1. The monoisotopic (exact) mass is 322 g/mol. The minimum absolute atomic E-state index is 0.310. The third-order valence-electron chi connectivity index (χ3n) is 3.54. The fraction of sp³-hybridized carbons (Fsp3) is 0.167. The van der Waals surface area contributed by atoms with Crippen LogP contribution in [0.25, 0.3) is 0 Å². The van der Waals surface area contributed by atoms with Gasteiger partial charge in [-0.2, -0.15) is 0 Å². The molecular formula is C18H18N4O2. The van der Waals surface area contributed by atoms with E-state index in [1.165, 1.54) is 5.56 Å². The summed E-state index contributed by atoms with van der Waals surface area (Å²) >= 11 is 0. The quantitative estimate of drug-likeness (QED) is 0.744. The van der Waals surface area contributed by atoms with Crippen LogP contribution in [0.4, 0.5) is 17.2 Å². The van der Waals surface area contributed by atoms with E-state index in [2.05, 4.69) is 33.8 Å². The summed E-state index contributed by atoms with van der Waals surface area (Å²) in [6.07, 6.45) is 2.57. The van der Waals surface area contributed by atoms with Gasteiger partial charge >= 0.3 is 0 Å². The number of carbonyl (C=O) groups is 1. The number of rotatable bonds is 5. The van der Waals surface area contributed by atoms with E-state index in [4.69, 9.17) is 4.52 Å². The van der Waals surface area contributed by atoms with Gasteiger partial charge in [-0.15, -0.1) is 0 Å². The van der Waals surface area contributed by atoms with E-state index in [1.807, 2.05) is 24.3 Å². The number of hydrogen-bond acceptors (Lipinski definition) is 5. The molecule has 2 aromatic heterocycles. The zero-order valence-corrected chi connectivity index (χ0v) is 13.5. The van der Waals surface area contributed by atoms with Crippen molar-refractivity contribution in [2.24, 2.45) is 0 Å². The maximum Gasteiger partial charge on any atom is 0.275 e. The van der Waals surface area contributed by atoms with Crippen LogP contribution in [0, 0.1) is 6.92 Å². The van der Waals surface area contributed by atoms with Crippen molar-refractivity contribution in [3.05, 3.63) is 65.7 Å². The maximum absolute atomic E-state index is 12.1. The Bertz CT molecular complexity index is 840. The van der Waals surface area contributed by atoms with E-state index in [9.17, 15) is 4.79 Å². The highest BCUT2D eigenvalue weighted by Gasteiger charge is 2.10. The van der Waals surface area contributed by atoms with Crippen molar-refractivity contribution in [1.82, 2.24) is 10.1 Å². The van der Waals surface area contributed by atoms with Crippen molar-refractivity contribution < 1.29 is 9.32 Å². The summed E-state index contributed by atoms with van der Waals surface area (Å²) in [5.74, 6) is 0.676. The molecule has 6 nitrogen and oxygen atoms in total. The van der Waals surface area contributed by atoms with Gasteiger partial charge in [-0.1, -0.05) is 30.3 Å². The Hall–Kier alpha value is -3.15. The van der Waals surface area contributed by atoms with Crippen molar-refractivity contribution >= 4 is 23.1 Å². The van der Waals surface area contributed by atoms with Gasteiger partial charge in [0.25, 0.3) is 5.91 Å². The Kier molecular flexibility index (Phi) is 4.56. The van der Waals surface area contributed by atoms with Crippen LogP contribution < -0.4 is 10.6 Å². The number of anilines is 3. The number of nitrogens with one attached hydrogen (secondary N) is 2. The van der Waals surface area contributed by atoms with E-state index in [1.54, 1.807) is 25.3 Å². The number of nitrogens with zero attached hydrogens (tertiary/aromatic N) is 2. The van der Waals surface area contributed by atoms with E-state index in [0.717, 1.165) is 17.8 Å². The number of hydrogen-bond donors (Lipinski definition) is 2. The normalized spacial score (nSPS) is 10.4. The number of aromatic nitrogens is 2. The Labute approximate surface area is 139 Å².